The van der Waals surface area contributed by atoms with Gasteiger partial charge >= 0.3 is 12.1 Å². The predicted molar refractivity (Wildman–Crippen MR) is 146 cm³/mol. The average Bonchev–Trinajstić information content (AvgIpc) is 2.89. The van der Waals surface area contributed by atoms with Crippen molar-refractivity contribution in [3.63, 3.8) is 0 Å². The third-order valence-electron chi connectivity index (χ3n) is 5.94. The zero-order chi connectivity index (χ0) is 28.2. The molecule has 0 spiro atoms. The highest BCUT2D eigenvalue weighted by atomic mass is 35.5. The monoisotopic (exact) mass is 551 g/mol. The average molecular weight is 552 g/mol. The lowest BCUT2D eigenvalue weighted by molar-refractivity contribution is -0.147. The molecule has 0 aliphatic carbocycles. The number of ether oxygens (including phenoxy) is 3. The third-order valence-corrected chi connectivity index (χ3v) is 6.17. The summed E-state index contributed by atoms with van der Waals surface area (Å²) in [6.07, 6.45) is 0.499. The normalized spacial score (nSPS) is 16.5. The molecule has 3 aromatic rings. The van der Waals surface area contributed by atoms with Crippen LogP contribution in [0.15, 0.2) is 66.9 Å². The highest BCUT2D eigenvalue weighted by Crippen LogP contribution is 2.26. The zero-order valence-electron chi connectivity index (χ0n) is 22.1. The van der Waals surface area contributed by atoms with Gasteiger partial charge in [-0.1, -0.05) is 29.8 Å². The number of β-lactam (4-membered cyclic amide) rings is 1. The van der Waals surface area contributed by atoms with Gasteiger partial charge in [-0.15, -0.1) is 0 Å². The van der Waals surface area contributed by atoms with Gasteiger partial charge in [-0.25, -0.2) is 14.6 Å². The van der Waals surface area contributed by atoms with Crippen LogP contribution >= 0.6 is 11.6 Å². The maximum atomic E-state index is 13.2. The number of carbonyl (C=O) groups excluding carboxylic acids is 3. The minimum absolute atomic E-state index is 0.207. The molecule has 1 aromatic heterocycles. The SMILES string of the molecule is COc1ccc(CN(C(=O)OC(C)(C)C)c2cc(CC3C(=O)NC3OC(=O)c3cccc(Cl)c3)ccn2)cc1. The van der Waals surface area contributed by atoms with Gasteiger partial charge in [0, 0.05) is 11.2 Å². The van der Waals surface area contributed by atoms with Crippen molar-refractivity contribution in [3.8, 4) is 5.75 Å². The molecule has 2 atom stereocenters. The van der Waals surface area contributed by atoms with Crippen LogP contribution in [0.1, 0.15) is 42.3 Å². The van der Waals surface area contributed by atoms with Crippen molar-refractivity contribution in [1.82, 2.24) is 10.3 Å². The summed E-state index contributed by atoms with van der Waals surface area (Å²) in [5.74, 6) is -0.352. The van der Waals surface area contributed by atoms with E-state index in [1.807, 2.05) is 24.3 Å². The Hall–Kier alpha value is -4.11. The van der Waals surface area contributed by atoms with E-state index in [0.29, 0.717) is 22.2 Å². The summed E-state index contributed by atoms with van der Waals surface area (Å²) >= 11 is 5.97. The lowest BCUT2D eigenvalue weighted by Crippen LogP contribution is -2.60. The van der Waals surface area contributed by atoms with Gasteiger partial charge in [0.05, 0.1) is 25.1 Å². The molecule has 10 heteroatoms. The van der Waals surface area contributed by atoms with Crippen LogP contribution in [0.25, 0.3) is 0 Å². The number of hydrogen-bond donors (Lipinski definition) is 1. The number of methoxy groups -OCH3 is 1. The number of pyridine rings is 1. The van der Waals surface area contributed by atoms with E-state index in [-0.39, 0.29) is 18.9 Å². The maximum absolute atomic E-state index is 13.2. The van der Waals surface area contributed by atoms with E-state index in [0.717, 1.165) is 11.1 Å². The van der Waals surface area contributed by atoms with Crippen LogP contribution < -0.4 is 15.0 Å². The topological polar surface area (TPSA) is 107 Å². The van der Waals surface area contributed by atoms with Gasteiger partial charge in [0.15, 0.2) is 6.23 Å². The maximum Gasteiger partial charge on any atom is 0.416 e. The molecule has 0 radical (unpaired) electrons. The van der Waals surface area contributed by atoms with Crippen LogP contribution in [0.4, 0.5) is 10.6 Å². The Kier molecular flexibility index (Phi) is 8.40. The number of nitrogens with zero attached hydrogens (tertiary/aromatic N) is 2. The lowest BCUT2D eigenvalue weighted by atomic mass is 9.91. The Morgan fingerprint density at radius 1 is 1.05 bits per heavy atom. The predicted octanol–water partition coefficient (Wildman–Crippen LogP) is 5.16. The van der Waals surface area contributed by atoms with Crippen molar-refractivity contribution in [2.45, 2.75) is 45.6 Å². The molecule has 0 saturated carbocycles. The molecule has 1 fully saturated rings. The van der Waals surface area contributed by atoms with Gasteiger partial charge in [-0.2, -0.15) is 0 Å². The first-order chi connectivity index (χ1) is 18.5. The Labute approximate surface area is 232 Å². The number of carbonyl (C=O) groups is 3. The molecular weight excluding hydrogens is 522 g/mol. The van der Waals surface area contributed by atoms with Crippen molar-refractivity contribution in [3.05, 3.63) is 88.6 Å². The van der Waals surface area contributed by atoms with E-state index < -0.39 is 29.8 Å². The van der Waals surface area contributed by atoms with Gasteiger partial charge in [0.2, 0.25) is 5.91 Å². The first-order valence-corrected chi connectivity index (χ1v) is 12.8. The van der Waals surface area contributed by atoms with Crippen LogP contribution in [-0.2, 0) is 27.2 Å². The molecule has 204 valence electrons. The van der Waals surface area contributed by atoms with Crippen molar-refractivity contribution >= 4 is 35.4 Å². The minimum Gasteiger partial charge on any atom is -0.497 e. The quantitative estimate of drug-likeness (QED) is 0.304. The molecule has 39 heavy (non-hydrogen) atoms. The number of nitrogens with one attached hydrogen (secondary N) is 1. The number of hydrogen-bond acceptors (Lipinski definition) is 7. The molecule has 2 heterocycles. The minimum atomic E-state index is -0.790. The first kappa shape index (κ1) is 27.9. The van der Waals surface area contributed by atoms with Gasteiger partial charge < -0.3 is 19.5 Å². The van der Waals surface area contributed by atoms with Gasteiger partial charge in [0.25, 0.3) is 0 Å². The fraction of sp³-hybridized carbons (Fsp3) is 0.310. The summed E-state index contributed by atoms with van der Waals surface area (Å²) in [6, 6.07) is 17.2. The molecule has 0 bridgehead atoms. The van der Waals surface area contributed by atoms with E-state index in [9.17, 15) is 14.4 Å². The highest BCUT2D eigenvalue weighted by molar-refractivity contribution is 6.30. The molecule has 2 amide bonds. The first-order valence-electron chi connectivity index (χ1n) is 12.4. The van der Waals surface area contributed by atoms with Crippen molar-refractivity contribution in [2.24, 2.45) is 5.92 Å². The number of benzene rings is 2. The van der Waals surface area contributed by atoms with Crippen LogP contribution in [0.2, 0.25) is 5.02 Å². The van der Waals surface area contributed by atoms with E-state index in [1.54, 1.807) is 64.4 Å². The molecule has 2 unspecified atom stereocenters. The summed E-state index contributed by atoms with van der Waals surface area (Å²) in [6.45, 7) is 5.58. The number of anilines is 1. The van der Waals surface area contributed by atoms with Crippen molar-refractivity contribution in [2.75, 3.05) is 12.0 Å². The molecular formula is C29H30ClN3O6. The molecule has 1 aliphatic rings. The zero-order valence-corrected chi connectivity index (χ0v) is 22.9. The number of esters is 1. The number of halogens is 1. The Morgan fingerprint density at radius 2 is 1.79 bits per heavy atom. The van der Waals surface area contributed by atoms with E-state index in [4.69, 9.17) is 25.8 Å². The van der Waals surface area contributed by atoms with Gasteiger partial charge in [0.1, 0.15) is 17.2 Å². The fourth-order valence-corrected chi connectivity index (χ4v) is 4.15. The Morgan fingerprint density at radius 3 is 2.44 bits per heavy atom. The Bertz CT molecular complexity index is 1360. The second kappa shape index (κ2) is 11.7. The molecule has 9 nitrogen and oxygen atoms in total. The summed E-state index contributed by atoms with van der Waals surface area (Å²) in [5.41, 5.74) is 1.17. The second-order valence-corrected chi connectivity index (χ2v) is 10.5. The Balaban J connectivity index is 1.51. The summed E-state index contributed by atoms with van der Waals surface area (Å²) in [5, 5.41) is 3.04. The lowest BCUT2D eigenvalue weighted by Gasteiger charge is -2.36. The van der Waals surface area contributed by atoms with Crippen LogP contribution in [-0.4, -0.2) is 41.9 Å². The second-order valence-electron chi connectivity index (χ2n) is 10.1. The van der Waals surface area contributed by atoms with Crippen LogP contribution in [0.5, 0.6) is 5.75 Å². The number of rotatable bonds is 8. The fourth-order valence-electron chi connectivity index (χ4n) is 3.96. The number of aromatic nitrogens is 1. The highest BCUT2D eigenvalue weighted by Gasteiger charge is 2.42. The molecule has 1 aliphatic heterocycles. The van der Waals surface area contributed by atoms with Crippen LogP contribution in [0.3, 0.4) is 0 Å². The molecule has 2 aromatic carbocycles. The van der Waals surface area contributed by atoms with E-state index >= 15 is 0 Å². The molecule has 4 rings (SSSR count). The summed E-state index contributed by atoms with van der Waals surface area (Å²) in [7, 11) is 1.59. The standard InChI is InChI=1S/C29H30ClN3O6/c1-29(2,3)39-28(36)33(17-18-8-10-22(37-4)11-9-18)24-15-19(12-13-31-24)14-23-25(34)32-26(23)38-27(35)20-6-5-7-21(30)16-20/h5-13,15-16,23,26H,14,17H2,1-4H3,(H,32,34). The van der Waals surface area contributed by atoms with Gasteiger partial charge in [-0.05, 0) is 80.8 Å². The van der Waals surface area contributed by atoms with Crippen LogP contribution in [0, 0.1) is 5.92 Å². The van der Waals surface area contributed by atoms with E-state index in [1.165, 1.54) is 11.0 Å². The van der Waals surface area contributed by atoms with Gasteiger partial charge in [-0.3, -0.25) is 9.69 Å². The molecule has 1 saturated heterocycles. The molecule has 1 N–H and O–H groups in total. The summed E-state index contributed by atoms with van der Waals surface area (Å²) < 4.78 is 16.4. The smallest absolute Gasteiger partial charge is 0.416 e. The van der Waals surface area contributed by atoms with E-state index in [2.05, 4.69) is 10.3 Å². The number of amides is 2. The third kappa shape index (κ3) is 7.26. The van der Waals surface area contributed by atoms with Crippen molar-refractivity contribution < 1.29 is 28.6 Å². The largest absolute Gasteiger partial charge is 0.497 e. The van der Waals surface area contributed by atoms with Crippen molar-refractivity contribution in [1.29, 1.82) is 0 Å². The summed E-state index contributed by atoms with van der Waals surface area (Å²) in [4.78, 5) is 43.9.